The highest BCUT2D eigenvalue weighted by atomic mass is 16.1. The van der Waals surface area contributed by atoms with Crippen LogP contribution < -0.4 is 15.8 Å². The summed E-state index contributed by atoms with van der Waals surface area (Å²) in [6.45, 7) is 2.96. The number of hydrogen-bond donors (Lipinski definition) is 2. The summed E-state index contributed by atoms with van der Waals surface area (Å²) in [6.07, 6.45) is 6.74. The summed E-state index contributed by atoms with van der Waals surface area (Å²) in [4.78, 5) is 20.5. The van der Waals surface area contributed by atoms with Gasteiger partial charge in [-0.25, -0.2) is 4.98 Å². The Kier molecular flexibility index (Phi) is 4.14. The van der Waals surface area contributed by atoms with Crippen molar-refractivity contribution in [2.24, 2.45) is 5.92 Å². The molecular weight excluding hydrogens is 216 g/mol. The summed E-state index contributed by atoms with van der Waals surface area (Å²) >= 11 is 0. The van der Waals surface area contributed by atoms with E-state index < -0.39 is 0 Å². The lowest BCUT2D eigenvalue weighted by Crippen LogP contribution is -2.38. The number of anilines is 1. The maximum atomic E-state index is 11.6. The predicted molar refractivity (Wildman–Crippen MR) is 68.3 cm³/mol. The zero-order valence-corrected chi connectivity index (χ0v) is 10.3. The van der Waals surface area contributed by atoms with Crippen molar-refractivity contribution >= 4 is 5.82 Å². The van der Waals surface area contributed by atoms with Crippen LogP contribution in [0.3, 0.4) is 0 Å². The second kappa shape index (κ2) is 5.82. The first-order valence-electron chi connectivity index (χ1n) is 6.24. The van der Waals surface area contributed by atoms with E-state index in [0.717, 1.165) is 38.4 Å². The van der Waals surface area contributed by atoms with E-state index in [1.807, 2.05) is 7.05 Å². The molecular formula is C12H20N4O. The zero-order chi connectivity index (χ0) is 12.1. The molecule has 1 aliphatic heterocycles. The fourth-order valence-corrected chi connectivity index (χ4v) is 2.35. The molecule has 5 heteroatoms. The van der Waals surface area contributed by atoms with Crippen molar-refractivity contribution in [3.8, 4) is 0 Å². The number of hydrogen-bond acceptors (Lipinski definition) is 4. The minimum absolute atomic E-state index is 0.0822. The van der Waals surface area contributed by atoms with Crippen LogP contribution in [0.4, 0.5) is 5.82 Å². The molecule has 0 saturated carbocycles. The third-order valence-electron chi connectivity index (χ3n) is 3.41. The number of nitrogens with one attached hydrogen (secondary N) is 2. The smallest absolute Gasteiger partial charge is 0.290 e. The lowest BCUT2D eigenvalue weighted by atomic mass is 9.93. The highest BCUT2D eigenvalue weighted by Crippen LogP contribution is 2.21. The summed E-state index contributed by atoms with van der Waals surface area (Å²) in [5, 5.41) is 3.19. The summed E-state index contributed by atoms with van der Waals surface area (Å²) in [5.41, 5.74) is -0.0822. The third-order valence-corrected chi connectivity index (χ3v) is 3.41. The zero-order valence-electron chi connectivity index (χ0n) is 10.3. The SMILES string of the molecule is CNCCC1CCN(c2ncc[nH]c2=O)CC1. The number of nitrogens with zero attached hydrogens (tertiary/aromatic N) is 2. The molecule has 5 nitrogen and oxygen atoms in total. The van der Waals surface area contributed by atoms with Crippen LogP contribution in [0.5, 0.6) is 0 Å². The van der Waals surface area contributed by atoms with Crippen molar-refractivity contribution in [1.29, 1.82) is 0 Å². The van der Waals surface area contributed by atoms with Crippen molar-refractivity contribution < 1.29 is 0 Å². The molecule has 1 aromatic rings. The van der Waals surface area contributed by atoms with Gasteiger partial charge in [-0.2, -0.15) is 0 Å². The van der Waals surface area contributed by atoms with Crippen LogP contribution in [0.1, 0.15) is 19.3 Å². The van der Waals surface area contributed by atoms with Gasteiger partial charge in [0.15, 0.2) is 5.82 Å². The molecule has 17 heavy (non-hydrogen) atoms. The Labute approximate surface area is 101 Å². The van der Waals surface area contributed by atoms with E-state index >= 15 is 0 Å². The van der Waals surface area contributed by atoms with Crippen molar-refractivity contribution in [1.82, 2.24) is 15.3 Å². The summed E-state index contributed by atoms with van der Waals surface area (Å²) in [5.74, 6) is 1.35. The summed E-state index contributed by atoms with van der Waals surface area (Å²) < 4.78 is 0. The van der Waals surface area contributed by atoms with Crippen LogP contribution >= 0.6 is 0 Å². The van der Waals surface area contributed by atoms with Crippen LogP contribution in [-0.2, 0) is 0 Å². The second-order valence-electron chi connectivity index (χ2n) is 4.56. The van der Waals surface area contributed by atoms with Crippen LogP contribution in [-0.4, -0.2) is 36.6 Å². The van der Waals surface area contributed by atoms with Gasteiger partial charge in [-0.3, -0.25) is 4.79 Å². The Hall–Kier alpha value is -1.36. The van der Waals surface area contributed by atoms with Gasteiger partial charge in [0.05, 0.1) is 0 Å². The van der Waals surface area contributed by atoms with Gasteiger partial charge in [-0.15, -0.1) is 0 Å². The molecule has 1 saturated heterocycles. The van der Waals surface area contributed by atoms with Gasteiger partial charge in [0.2, 0.25) is 0 Å². The molecule has 0 radical (unpaired) electrons. The molecule has 2 rings (SSSR count). The number of aromatic amines is 1. The Balaban J connectivity index is 1.91. The van der Waals surface area contributed by atoms with Gasteiger partial charge < -0.3 is 15.2 Å². The minimum Gasteiger partial charge on any atom is -0.352 e. The van der Waals surface area contributed by atoms with E-state index in [4.69, 9.17) is 0 Å². The Morgan fingerprint density at radius 2 is 2.29 bits per heavy atom. The number of rotatable bonds is 4. The van der Waals surface area contributed by atoms with Crippen molar-refractivity contribution in [3.05, 3.63) is 22.7 Å². The van der Waals surface area contributed by atoms with Crippen molar-refractivity contribution in [2.45, 2.75) is 19.3 Å². The number of piperidine rings is 1. The third kappa shape index (κ3) is 3.06. The van der Waals surface area contributed by atoms with E-state index in [2.05, 4.69) is 20.2 Å². The molecule has 0 atom stereocenters. The van der Waals surface area contributed by atoms with Gasteiger partial charge in [-0.05, 0) is 38.8 Å². The Bertz CT molecular complexity index is 395. The fourth-order valence-electron chi connectivity index (χ4n) is 2.35. The Morgan fingerprint density at radius 3 is 2.94 bits per heavy atom. The molecule has 2 heterocycles. The van der Waals surface area contributed by atoms with Crippen molar-refractivity contribution in [3.63, 3.8) is 0 Å². The van der Waals surface area contributed by atoms with Gasteiger partial charge in [-0.1, -0.05) is 0 Å². The van der Waals surface area contributed by atoms with Gasteiger partial charge in [0.1, 0.15) is 0 Å². The molecule has 1 fully saturated rings. The molecule has 0 aromatic carbocycles. The molecule has 0 amide bonds. The largest absolute Gasteiger partial charge is 0.352 e. The summed E-state index contributed by atoms with van der Waals surface area (Å²) in [6, 6.07) is 0. The van der Waals surface area contributed by atoms with E-state index in [0.29, 0.717) is 5.82 Å². The first-order chi connectivity index (χ1) is 8.31. The number of aromatic nitrogens is 2. The predicted octanol–water partition coefficient (Wildman–Crippen LogP) is 0.596. The van der Waals surface area contributed by atoms with Crippen LogP contribution in [0, 0.1) is 5.92 Å². The van der Waals surface area contributed by atoms with Crippen LogP contribution in [0.15, 0.2) is 17.2 Å². The van der Waals surface area contributed by atoms with Crippen molar-refractivity contribution in [2.75, 3.05) is 31.6 Å². The van der Waals surface area contributed by atoms with E-state index in [-0.39, 0.29) is 5.56 Å². The topological polar surface area (TPSA) is 61.0 Å². The van der Waals surface area contributed by atoms with Gasteiger partial charge >= 0.3 is 0 Å². The van der Waals surface area contributed by atoms with Crippen LogP contribution in [0.2, 0.25) is 0 Å². The molecule has 2 N–H and O–H groups in total. The van der Waals surface area contributed by atoms with Crippen LogP contribution in [0.25, 0.3) is 0 Å². The first kappa shape index (κ1) is 12.1. The number of H-pyrrole nitrogens is 1. The molecule has 0 spiro atoms. The molecule has 0 unspecified atom stereocenters. The minimum atomic E-state index is -0.0822. The highest BCUT2D eigenvalue weighted by molar-refractivity contribution is 5.35. The molecule has 0 aliphatic carbocycles. The van der Waals surface area contributed by atoms with Gasteiger partial charge in [0, 0.05) is 25.5 Å². The van der Waals surface area contributed by atoms with E-state index in [1.165, 1.54) is 6.42 Å². The second-order valence-corrected chi connectivity index (χ2v) is 4.56. The van der Waals surface area contributed by atoms with E-state index in [1.54, 1.807) is 12.4 Å². The molecule has 1 aliphatic rings. The monoisotopic (exact) mass is 236 g/mol. The molecule has 94 valence electrons. The maximum absolute atomic E-state index is 11.6. The normalized spacial score (nSPS) is 17.4. The lowest BCUT2D eigenvalue weighted by Gasteiger charge is -2.32. The standard InChI is InChI=1S/C12H20N4O/c1-13-5-2-10-3-8-16(9-4-10)11-12(17)15-7-6-14-11/h6-7,10,13H,2-5,8-9H2,1H3,(H,15,17). The first-order valence-corrected chi connectivity index (χ1v) is 6.24. The quantitative estimate of drug-likeness (QED) is 0.803. The van der Waals surface area contributed by atoms with E-state index in [9.17, 15) is 4.79 Å². The lowest BCUT2D eigenvalue weighted by molar-refractivity contribution is 0.376. The molecule has 1 aromatic heterocycles. The molecule has 0 bridgehead atoms. The fraction of sp³-hybridized carbons (Fsp3) is 0.667. The Morgan fingerprint density at radius 1 is 1.53 bits per heavy atom. The average molecular weight is 236 g/mol. The highest BCUT2D eigenvalue weighted by Gasteiger charge is 2.21. The average Bonchev–Trinajstić information content (AvgIpc) is 2.38. The maximum Gasteiger partial charge on any atom is 0.290 e. The summed E-state index contributed by atoms with van der Waals surface area (Å²) in [7, 11) is 1.99. The van der Waals surface area contributed by atoms with Gasteiger partial charge in [0.25, 0.3) is 5.56 Å².